The van der Waals surface area contributed by atoms with Crippen molar-refractivity contribution in [2.45, 2.75) is 5.75 Å². The molecule has 1 aliphatic heterocycles. The molecular formula is C11H7ClN2OS. The predicted molar refractivity (Wildman–Crippen MR) is 64.2 cm³/mol. The van der Waals surface area contributed by atoms with Crippen molar-refractivity contribution in [3.05, 3.63) is 46.7 Å². The van der Waals surface area contributed by atoms with E-state index in [1.165, 1.54) is 11.8 Å². The highest BCUT2D eigenvalue weighted by Gasteiger charge is 2.25. The molecule has 2 heterocycles. The Bertz CT molecular complexity index is 562. The number of thioether (sulfide) groups is 1. The molecule has 5 heteroatoms. The van der Waals surface area contributed by atoms with E-state index in [0.717, 1.165) is 16.9 Å². The van der Waals surface area contributed by atoms with Gasteiger partial charge in [0.05, 0.1) is 23.1 Å². The van der Waals surface area contributed by atoms with Gasteiger partial charge in [-0.25, -0.2) is 4.68 Å². The number of hydrogen-bond donors (Lipinski definition) is 0. The second-order valence-electron chi connectivity index (χ2n) is 3.47. The van der Waals surface area contributed by atoms with Crippen LogP contribution in [0.2, 0.25) is 5.02 Å². The topological polar surface area (TPSA) is 34.9 Å². The van der Waals surface area contributed by atoms with E-state index in [4.69, 9.17) is 11.6 Å². The monoisotopic (exact) mass is 250 g/mol. The number of rotatable bonds is 1. The smallest absolute Gasteiger partial charge is 0.223 e. The first kappa shape index (κ1) is 9.93. The predicted octanol–water partition coefficient (Wildman–Crippen LogP) is 2.91. The van der Waals surface area contributed by atoms with Crippen molar-refractivity contribution in [2.24, 2.45) is 0 Å². The summed E-state index contributed by atoms with van der Waals surface area (Å²) in [5, 5.41) is 5.03. The number of nitrogens with zero attached hydrogens (tertiary/aromatic N) is 2. The Balaban J connectivity index is 2.11. The molecule has 0 N–H and O–H groups in total. The SMILES string of the molecule is O=C1SCc2c1cnn2-c1ccc(Cl)cc1. The van der Waals surface area contributed by atoms with Crippen LogP contribution < -0.4 is 0 Å². The van der Waals surface area contributed by atoms with Gasteiger partial charge in [-0.05, 0) is 24.3 Å². The molecule has 1 aromatic carbocycles. The number of carbonyl (C=O) groups is 1. The van der Waals surface area contributed by atoms with E-state index in [1.54, 1.807) is 10.9 Å². The summed E-state index contributed by atoms with van der Waals surface area (Å²) >= 11 is 7.14. The summed E-state index contributed by atoms with van der Waals surface area (Å²) in [7, 11) is 0. The highest BCUT2D eigenvalue weighted by Crippen LogP contribution is 2.31. The van der Waals surface area contributed by atoms with Crippen LogP contribution in [0, 0.1) is 0 Å². The number of fused-ring (bicyclic) bond motifs is 1. The molecule has 0 saturated carbocycles. The largest absolute Gasteiger partial charge is 0.281 e. The van der Waals surface area contributed by atoms with Gasteiger partial charge in [0.25, 0.3) is 0 Å². The van der Waals surface area contributed by atoms with Crippen LogP contribution in [0.3, 0.4) is 0 Å². The van der Waals surface area contributed by atoms with Gasteiger partial charge in [-0.15, -0.1) is 0 Å². The first-order valence-electron chi connectivity index (χ1n) is 4.75. The molecule has 0 amide bonds. The summed E-state index contributed by atoms with van der Waals surface area (Å²) in [4.78, 5) is 11.5. The van der Waals surface area contributed by atoms with Gasteiger partial charge < -0.3 is 0 Å². The Hall–Kier alpha value is -1.26. The maximum Gasteiger partial charge on any atom is 0.223 e. The molecule has 0 unspecified atom stereocenters. The van der Waals surface area contributed by atoms with E-state index in [0.29, 0.717) is 10.8 Å². The first-order chi connectivity index (χ1) is 7.75. The minimum atomic E-state index is 0.107. The lowest BCUT2D eigenvalue weighted by molar-refractivity contribution is 0.109. The number of halogens is 1. The van der Waals surface area contributed by atoms with Gasteiger partial charge in [-0.3, -0.25) is 4.79 Å². The fourth-order valence-corrected chi connectivity index (χ4v) is 2.70. The summed E-state index contributed by atoms with van der Waals surface area (Å²) in [6, 6.07) is 7.41. The zero-order chi connectivity index (χ0) is 11.1. The lowest BCUT2D eigenvalue weighted by Crippen LogP contribution is -1.99. The summed E-state index contributed by atoms with van der Waals surface area (Å²) in [6.45, 7) is 0. The number of benzene rings is 1. The molecule has 0 bridgehead atoms. The van der Waals surface area contributed by atoms with Crippen molar-refractivity contribution in [2.75, 3.05) is 0 Å². The molecule has 2 aromatic rings. The summed E-state index contributed by atoms with van der Waals surface area (Å²) in [5.74, 6) is 0.691. The van der Waals surface area contributed by atoms with Crippen molar-refractivity contribution in [1.82, 2.24) is 9.78 Å². The summed E-state index contributed by atoms with van der Waals surface area (Å²) in [5.41, 5.74) is 2.62. The Labute approximate surface area is 101 Å². The van der Waals surface area contributed by atoms with Crippen molar-refractivity contribution >= 4 is 28.5 Å². The van der Waals surface area contributed by atoms with E-state index < -0.39 is 0 Å². The second-order valence-corrected chi connectivity index (χ2v) is 4.85. The zero-order valence-electron chi connectivity index (χ0n) is 8.18. The number of hydrogen-bond acceptors (Lipinski definition) is 3. The molecule has 0 saturated heterocycles. The van der Waals surface area contributed by atoms with E-state index in [-0.39, 0.29) is 5.12 Å². The van der Waals surface area contributed by atoms with E-state index >= 15 is 0 Å². The van der Waals surface area contributed by atoms with Crippen LogP contribution in [-0.4, -0.2) is 14.9 Å². The lowest BCUT2D eigenvalue weighted by atomic mass is 10.2. The van der Waals surface area contributed by atoms with Crippen LogP contribution in [-0.2, 0) is 5.75 Å². The van der Waals surface area contributed by atoms with Gasteiger partial charge in [0.2, 0.25) is 5.12 Å². The average molecular weight is 251 g/mol. The summed E-state index contributed by atoms with van der Waals surface area (Å²) in [6.07, 6.45) is 1.63. The number of aromatic nitrogens is 2. The van der Waals surface area contributed by atoms with Crippen LogP contribution in [0.5, 0.6) is 0 Å². The molecule has 0 atom stereocenters. The fraction of sp³-hybridized carbons (Fsp3) is 0.0909. The third-order valence-electron chi connectivity index (χ3n) is 2.50. The van der Waals surface area contributed by atoms with Gasteiger partial charge >= 0.3 is 0 Å². The molecule has 80 valence electrons. The molecule has 3 nitrogen and oxygen atoms in total. The molecule has 0 fully saturated rings. The highest BCUT2D eigenvalue weighted by molar-refractivity contribution is 8.13. The Morgan fingerprint density at radius 3 is 2.81 bits per heavy atom. The van der Waals surface area contributed by atoms with Crippen LogP contribution in [0.15, 0.2) is 30.5 Å². The third-order valence-corrected chi connectivity index (χ3v) is 3.65. The van der Waals surface area contributed by atoms with Crippen LogP contribution in [0.1, 0.15) is 16.1 Å². The molecule has 0 radical (unpaired) electrons. The minimum absolute atomic E-state index is 0.107. The van der Waals surface area contributed by atoms with Gasteiger partial charge in [0.1, 0.15) is 0 Å². The van der Waals surface area contributed by atoms with Gasteiger partial charge in [0, 0.05) is 10.8 Å². The number of carbonyl (C=O) groups excluding carboxylic acids is 1. The quantitative estimate of drug-likeness (QED) is 0.781. The van der Waals surface area contributed by atoms with Crippen molar-refractivity contribution < 1.29 is 4.79 Å². The summed E-state index contributed by atoms with van der Waals surface area (Å²) < 4.78 is 1.80. The molecule has 16 heavy (non-hydrogen) atoms. The maximum atomic E-state index is 11.5. The molecule has 0 aliphatic carbocycles. The fourth-order valence-electron chi connectivity index (χ4n) is 1.70. The Morgan fingerprint density at radius 1 is 1.31 bits per heavy atom. The second kappa shape index (κ2) is 3.64. The van der Waals surface area contributed by atoms with Crippen LogP contribution in [0.4, 0.5) is 0 Å². The van der Waals surface area contributed by atoms with Gasteiger partial charge in [-0.2, -0.15) is 5.10 Å². The lowest BCUT2D eigenvalue weighted by Gasteiger charge is -2.04. The molecule has 0 spiro atoms. The maximum absolute atomic E-state index is 11.5. The normalized spacial score (nSPS) is 14.2. The highest BCUT2D eigenvalue weighted by atomic mass is 35.5. The first-order valence-corrected chi connectivity index (χ1v) is 6.12. The Morgan fingerprint density at radius 2 is 2.06 bits per heavy atom. The van der Waals surface area contributed by atoms with Crippen molar-refractivity contribution in [1.29, 1.82) is 0 Å². The Kier molecular flexibility index (Phi) is 2.26. The minimum Gasteiger partial charge on any atom is -0.281 e. The van der Waals surface area contributed by atoms with Gasteiger partial charge in [-0.1, -0.05) is 23.4 Å². The molecule has 1 aromatic heterocycles. The van der Waals surface area contributed by atoms with Gasteiger partial charge in [0.15, 0.2) is 0 Å². The van der Waals surface area contributed by atoms with Crippen molar-refractivity contribution in [3.63, 3.8) is 0 Å². The third kappa shape index (κ3) is 1.45. The zero-order valence-corrected chi connectivity index (χ0v) is 9.76. The molecule has 1 aliphatic rings. The van der Waals surface area contributed by atoms with Crippen LogP contribution >= 0.6 is 23.4 Å². The van der Waals surface area contributed by atoms with E-state index in [1.807, 2.05) is 24.3 Å². The molecular weight excluding hydrogens is 244 g/mol. The van der Waals surface area contributed by atoms with Crippen LogP contribution in [0.25, 0.3) is 5.69 Å². The average Bonchev–Trinajstić information content (AvgIpc) is 2.84. The molecule has 3 rings (SSSR count). The van der Waals surface area contributed by atoms with E-state index in [9.17, 15) is 4.79 Å². The standard InChI is InChI=1S/C11H7ClN2OS/c12-7-1-3-8(4-2-7)14-10-6-16-11(15)9(10)5-13-14/h1-5H,6H2. The van der Waals surface area contributed by atoms with Crippen molar-refractivity contribution in [3.8, 4) is 5.69 Å². The van der Waals surface area contributed by atoms with E-state index in [2.05, 4.69) is 5.10 Å².